The molecule has 0 saturated carbocycles. The molecule has 0 rings (SSSR count). The summed E-state index contributed by atoms with van der Waals surface area (Å²) in [7, 11) is 0. The van der Waals surface area contributed by atoms with Crippen LogP contribution in [0.25, 0.3) is 0 Å². The smallest absolute Gasteiger partial charge is 0.323 e. The van der Waals surface area contributed by atoms with Crippen LogP contribution in [0.4, 0.5) is 0 Å². The summed E-state index contributed by atoms with van der Waals surface area (Å²) in [4.78, 5) is 25.7. The molecular formula is C34H66O4. The maximum atomic E-state index is 12.9. The molecule has 0 radical (unpaired) electrons. The van der Waals surface area contributed by atoms with Crippen molar-refractivity contribution in [3.63, 3.8) is 0 Å². The monoisotopic (exact) mass is 538 g/mol. The van der Waals surface area contributed by atoms with Crippen molar-refractivity contribution in [3.8, 4) is 0 Å². The fraction of sp³-hybridized carbons (Fsp3) is 0.941. The molecule has 0 aliphatic heterocycles. The molecule has 0 amide bonds. The molecule has 0 saturated heterocycles. The number of carbonyl (C=O) groups is 2. The van der Waals surface area contributed by atoms with Crippen LogP contribution in [0.3, 0.4) is 0 Å². The minimum absolute atomic E-state index is 0.394. The maximum absolute atomic E-state index is 12.9. The van der Waals surface area contributed by atoms with Gasteiger partial charge in [-0.15, -0.1) is 0 Å². The summed E-state index contributed by atoms with van der Waals surface area (Å²) in [5.74, 6) is -0.788. The first-order valence-corrected chi connectivity index (χ1v) is 16.9. The van der Waals surface area contributed by atoms with Gasteiger partial charge < -0.3 is 9.47 Å². The highest BCUT2D eigenvalue weighted by Gasteiger charge is 2.45. The van der Waals surface area contributed by atoms with Crippen molar-refractivity contribution in [3.05, 3.63) is 0 Å². The number of hydrogen-bond donors (Lipinski definition) is 0. The molecule has 0 aromatic carbocycles. The molecule has 4 nitrogen and oxygen atoms in total. The number of esters is 2. The Balaban J connectivity index is 3.89. The third-order valence-electron chi connectivity index (χ3n) is 8.20. The largest absolute Gasteiger partial charge is 0.465 e. The average Bonchev–Trinajstić information content (AvgIpc) is 2.92. The van der Waals surface area contributed by atoms with Crippen molar-refractivity contribution in [1.82, 2.24) is 0 Å². The van der Waals surface area contributed by atoms with E-state index in [1.165, 1.54) is 122 Å². The number of carbonyl (C=O) groups excluding carboxylic acids is 2. The van der Waals surface area contributed by atoms with Gasteiger partial charge in [0.2, 0.25) is 0 Å². The molecule has 0 spiro atoms. The van der Waals surface area contributed by atoms with Crippen molar-refractivity contribution < 1.29 is 19.1 Å². The molecule has 0 aliphatic rings. The van der Waals surface area contributed by atoms with E-state index in [0.29, 0.717) is 26.1 Å². The Bertz CT molecular complexity index is 527. The lowest BCUT2D eigenvalue weighted by Gasteiger charge is -2.27. The number of ether oxygens (including phenoxy) is 2. The fourth-order valence-electron chi connectivity index (χ4n) is 5.23. The number of rotatable bonds is 29. The minimum atomic E-state index is -1.14. The molecule has 4 heteroatoms. The lowest BCUT2D eigenvalue weighted by Crippen LogP contribution is -2.41. The first-order chi connectivity index (χ1) is 18.6. The fourth-order valence-corrected chi connectivity index (χ4v) is 5.23. The summed E-state index contributed by atoms with van der Waals surface area (Å²) in [6.07, 6.45) is 30.0. The van der Waals surface area contributed by atoms with Gasteiger partial charge in [-0.3, -0.25) is 9.59 Å². The molecule has 226 valence electrons. The Labute approximate surface area is 237 Å². The Morgan fingerprint density at radius 1 is 0.395 bits per heavy atom. The molecule has 0 heterocycles. The van der Waals surface area contributed by atoms with Gasteiger partial charge in [0.1, 0.15) is 0 Å². The first kappa shape index (κ1) is 36.9. The molecule has 0 bridgehead atoms. The highest BCUT2D eigenvalue weighted by molar-refractivity contribution is 5.99. The normalized spacial score (nSPS) is 11.6. The lowest BCUT2D eigenvalue weighted by atomic mass is 9.82. The quantitative estimate of drug-likeness (QED) is 0.0540. The second-order valence-corrected chi connectivity index (χ2v) is 11.5. The summed E-state index contributed by atoms with van der Waals surface area (Å²) in [5.41, 5.74) is -1.14. The van der Waals surface area contributed by atoms with Crippen LogP contribution in [0.5, 0.6) is 0 Å². The first-order valence-electron chi connectivity index (χ1n) is 16.9. The van der Waals surface area contributed by atoms with E-state index >= 15 is 0 Å². The molecule has 0 aliphatic carbocycles. The zero-order valence-corrected chi connectivity index (χ0v) is 26.2. The zero-order valence-electron chi connectivity index (χ0n) is 26.2. The lowest BCUT2D eigenvalue weighted by molar-refractivity contribution is -0.173. The van der Waals surface area contributed by atoms with Crippen LogP contribution in [0.1, 0.15) is 188 Å². The van der Waals surface area contributed by atoms with Gasteiger partial charge in [0.05, 0.1) is 13.2 Å². The van der Waals surface area contributed by atoms with Crippen LogP contribution in [-0.2, 0) is 19.1 Å². The minimum Gasteiger partial charge on any atom is -0.465 e. The Kier molecular flexibility index (Phi) is 26.7. The van der Waals surface area contributed by atoms with Crippen molar-refractivity contribution >= 4 is 11.9 Å². The van der Waals surface area contributed by atoms with E-state index in [9.17, 15) is 9.59 Å². The predicted octanol–water partition coefficient (Wildman–Crippen LogP) is 10.9. The van der Waals surface area contributed by atoms with Crippen molar-refractivity contribution in [2.45, 2.75) is 188 Å². The second kappa shape index (κ2) is 27.5. The van der Waals surface area contributed by atoms with Gasteiger partial charge in [0.25, 0.3) is 0 Å². The van der Waals surface area contributed by atoms with Crippen LogP contribution in [-0.4, -0.2) is 25.2 Å². The summed E-state index contributed by atoms with van der Waals surface area (Å²) >= 11 is 0. The molecule has 0 N–H and O–H groups in total. The average molecular weight is 539 g/mol. The summed E-state index contributed by atoms with van der Waals surface area (Å²) in [5, 5.41) is 0. The third kappa shape index (κ3) is 19.1. The van der Waals surface area contributed by atoms with E-state index in [1.807, 2.05) is 13.8 Å². The second-order valence-electron chi connectivity index (χ2n) is 11.5. The topological polar surface area (TPSA) is 52.6 Å². The van der Waals surface area contributed by atoms with E-state index in [0.717, 1.165) is 25.7 Å². The number of unbranched alkanes of at least 4 members (excludes halogenated alkanes) is 21. The van der Waals surface area contributed by atoms with Gasteiger partial charge in [0, 0.05) is 0 Å². The van der Waals surface area contributed by atoms with Crippen LogP contribution in [0.2, 0.25) is 0 Å². The third-order valence-corrected chi connectivity index (χ3v) is 8.20. The van der Waals surface area contributed by atoms with Gasteiger partial charge in [-0.1, -0.05) is 163 Å². The van der Waals surface area contributed by atoms with Crippen molar-refractivity contribution in [2.24, 2.45) is 5.41 Å². The van der Waals surface area contributed by atoms with Gasteiger partial charge in [-0.2, -0.15) is 0 Å². The maximum Gasteiger partial charge on any atom is 0.323 e. The van der Waals surface area contributed by atoms with Crippen LogP contribution in [0, 0.1) is 5.41 Å². The van der Waals surface area contributed by atoms with E-state index < -0.39 is 17.4 Å². The number of hydrogen-bond acceptors (Lipinski definition) is 4. The van der Waals surface area contributed by atoms with Crippen LogP contribution in [0.15, 0.2) is 0 Å². The summed E-state index contributed by atoms with van der Waals surface area (Å²) in [6, 6.07) is 0. The van der Waals surface area contributed by atoms with E-state index in [-0.39, 0.29) is 0 Å². The molecule has 0 unspecified atom stereocenters. The van der Waals surface area contributed by atoms with E-state index in [4.69, 9.17) is 9.47 Å². The van der Waals surface area contributed by atoms with Gasteiger partial charge >= 0.3 is 11.9 Å². The molecule has 0 aromatic rings. The predicted molar refractivity (Wildman–Crippen MR) is 162 cm³/mol. The summed E-state index contributed by atoms with van der Waals surface area (Å²) < 4.78 is 11.1. The van der Waals surface area contributed by atoms with Crippen molar-refractivity contribution in [1.29, 1.82) is 0 Å². The molecule has 38 heavy (non-hydrogen) atoms. The SMILES string of the molecule is CCCCCCCCCCCCCCOC(=O)C(CC)(CC)C(=O)OCCCCCCCCCCCCC. The van der Waals surface area contributed by atoms with Crippen LogP contribution < -0.4 is 0 Å². The van der Waals surface area contributed by atoms with Crippen molar-refractivity contribution in [2.75, 3.05) is 13.2 Å². The Morgan fingerprint density at radius 2 is 0.632 bits per heavy atom. The van der Waals surface area contributed by atoms with Gasteiger partial charge in [-0.05, 0) is 25.7 Å². The summed E-state index contributed by atoms with van der Waals surface area (Å²) in [6.45, 7) is 9.11. The molecule has 0 aromatic heterocycles. The molecule has 0 fully saturated rings. The standard InChI is InChI=1S/C34H66O4/c1-5-9-11-13-15-17-19-21-23-25-27-29-31-38-33(36)34(7-3,8-4)32(35)37-30-28-26-24-22-20-18-16-14-12-10-6-2/h5-31H2,1-4H3. The van der Waals surface area contributed by atoms with E-state index in [2.05, 4.69) is 13.8 Å². The Hall–Kier alpha value is -1.06. The highest BCUT2D eigenvalue weighted by Crippen LogP contribution is 2.30. The van der Waals surface area contributed by atoms with Gasteiger partial charge in [-0.25, -0.2) is 0 Å². The molecule has 0 atom stereocenters. The highest BCUT2D eigenvalue weighted by atomic mass is 16.6. The van der Waals surface area contributed by atoms with E-state index in [1.54, 1.807) is 0 Å². The van der Waals surface area contributed by atoms with Gasteiger partial charge in [0.15, 0.2) is 5.41 Å². The Morgan fingerprint density at radius 3 is 0.868 bits per heavy atom. The van der Waals surface area contributed by atoms with Crippen LogP contribution >= 0.6 is 0 Å². The zero-order chi connectivity index (χ0) is 28.2. The molecular weight excluding hydrogens is 472 g/mol.